The summed E-state index contributed by atoms with van der Waals surface area (Å²) in [4.78, 5) is 24.1. The van der Waals surface area contributed by atoms with Crippen LogP contribution in [0, 0.1) is 0 Å². The third kappa shape index (κ3) is 5.21. The van der Waals surface area contributed by atoms with E-state index in [1.54, 1.807) is 6.92 Å². The molecule has 0 bridgehead atoms. The van der Waals surface area contributed by atoms with Crippen molar-refractivity contribution >= 4 is 12.1 Å². The first kappa shape index (κ1) is 19.3. The fourth-order valence-electron chi connectivity index (χ4n) is 3.50. The highest BCUT2D eigenvalue weighted by molar-refractivity contribution is 5.84. The maximum Gasteiger partial charge on any atom is 0.408 e. The van der Waals surface area contributed by atoms with Crippen molar-refractivity contribution in [3.63, 3.8) is 0 Å². The molecule has 2 N–H and O–H groups in total. The molecule has 1 amide bonds. The smallest absolute Gasteiger partial charge is 0.408 e. The average Bonchev–Trinajstić information content (AvgIpc) is 3.01. The lowest BCUT2D eigenvalue weighted by molar-refractivity contribution is -0.144. The Balaban J connectivity index is 2.05. The molecule has 1 atom stereocenters. The third-order valence-corrected chi connectivity index (χ3v) is 5.07. The molecule has 1 aromatic rings. The van der Waals surface area contributed by atoms with Gasteiger partial charge in [0.2, 0.25) is 0 Å². The van der Waals surface area contributed by atoms with Crippen LogP contribution in [0.4, 0.5) is 4.79 Å². The first-order valence-corrected chi connectivity index (χ1v) is 9.18. The van der Waals surface area contributed by atoms with Crippen molar-refractivity contribution in [3.8, 4) is 0 Å². The average molecular weight is 347 g/mol. The van der Waals surface area contributed by atoms with Crippen molar-refractivity contribution in [1.29, 1.82) is 0 Å². The predicted molar refractivity (Wildman–Crippen MR) is 96.5 cm³/mol. The Morgan fingerprint density at radius 1 is 1.24 bits per heavy atom. The number of carboxylic acids is 1. The molecule has 0 radical (unpaired) electrons. The van der Waals surface area contributed by atoms with Gasteiger partial charge in [0.1, 0.15) is 11.1 Å². The molecule has 1 aliphatic rings. The van der Waals surface area contributed by atoms with Gasteiger partial charge in [-0.25, -0.2) is 9.59 Å². The molecule has 25 heavy (non-hydrogen) atoms. The number of aliphatic carboxylic acids is 1. The summed E-state index contributed by atoms with van der Waals surface area (Å²) in [6.07, 6.45) is 5.70. The fraction of sp³-hybridized carbons (Fsp3) is 0.600. The topological polar surface area (TPSA) is 75.6 Å². The first-order chi connectivity index (χ1) is 11.9. The van der Waals surface area contributed by atoms with Gasteiger partial charge in [-0.2, -0.15) is 0 Å². The number of carbonyl (C=O) groups excluding carboxylic acids is 1. The van der Waals surface area contributed by atoms with Crippen LogP contribution in [0.25, 0.3) is 0 Å². The molecule has 0 unspecified atom stereocenters. The summed E-state index contributed by atoms with van der Waals surface area (Å²) in [5.41, 5.74) is -0.695. The van der Waals surface area contributed by atoms with Gasteiger partial charge >= 0.3 is 12.1 Å². The standard InChI is InChI=1S/C20H29NO4/c1-3-4-12-19(2,17(22)23)21-18(24)25-20(13-8-9-14-20)15-16-10-6-5-7-11-16/h5-7,10-11H,3-4,8-9,12-15H2,1-2H3,(H,21,24)(H,22,23)/t19-/m0/s1. The highest BCUT2D eigenvalue weighted by Crippen LogP contribution is 2.36. The second kappa shape index (κ2) is 8.37. The Morgan fingerprint density at radius 2 is 1.88 bits per heavy atom. The largest absolute Gasteiger partial charge is 0.480 e. The number of amides is 1. The molecule has 0 aliphatic heterocycles. The molecule has 1 saturated carbocycles. The molecule has 138 valence electrons. The number of hydrogen-bond acceptors (Lipinski definition) is 3. The molecule has 1 aliphatic carbocycles. The second-order valence-corrected chi connectivity index (χ2v) is 7.31. The number of nitrogens with one attached hydrogen (secondary N) is 1. The van der Waals surface area contributed by atoms with Gasteiger partial charge in [-0.1, -0.05) is 50.1 Å². The molecule has 5 heteroatoms. The van der Waals surface area contributed by atoms with E-state index in [4.69, 9.17) is 4.74 Å². The third-order valence-electron chi connectivity index (χ3n) is 5.07. The van der Waals surface area contributed by atoms with Crippen LogP contribution in [-0.4, -0.2) is 28.3 Å². The molecule has 1 aromatic carbocycles. The van der Waals surface area contributed by atoms with Crippen molar-refractivity contribution in [1.82, 2.24) is 5.32 Å². The summed E-state index contributed by atoms with van der Waals surface area (Å²) in [5.74, 6) is -1.03. The SMILES string of the molecule is CCCC[C@](C)(NC(=O)OC1(Cc2ccccc2)CCCC1)C(=O)O. The lowest BCUT2D eigenvalue weighted by Gasteiger charge is -2.32. The van der Waals surface area contributed by atoms with Crippen LogP contribution in [0.3, 0.4) is 0 Å². The molecule has 1 fully saturated rings. The first-order valence-electron chi connectivity index (χ1n) is 9.18. The van der Waals surface area contributed by atoms with Gasteiger partial charge in [0.15, 0.2) is 0 Å². The Kier molecular flexibility index (Phi) is 6.45. The van der Waals surface area contributed by atoms with E-state index >= 15 is 0 Å². The van der Waals surface area contributed by atoms with Crippen LogP contribution in [0.1, 0.15) is 64.4 Å². The molecule has 0 heterocycles. The Labute approximate surface area is 149 Å². The van der Waals surface area contributed by atoms with Gasteiger partial charge in [0, 0.05) is 6.42 Å². The zero-order valence-corrected chi connectivity index (χ0v) is 15.2. The second-order valence-electron chi connectivity index (χ2n) is 7.31. The quantitative estimate of drug-likeness (QED) is 0.735. The monoisotopic (exact) mass is 347 g/mol. The maximum atomic E-state index is 12.5. The lowest BCUT2D eigenvalue weighted by atomic mass is 9.92. The molecule has 0 spiro atoms. The maximum absolute atomic E-state index is 12.5. The number of hydrogen-bond donors (Lipinski definition) is 2. The molecule has 0 aromatic heterocycles. The van der Waals surface area contributed by atoms with Crippen molar-refractivity contribution in [3.05, 3.63) is 35.9 Å². The van der Waals surface area contributed by atoms with Gasteiger partial charge in [-0.05, 0) is 44.6 Å². The number of unbranched alkanes of at least 4 members (excludes halogenated alkanes) is 1. The minimum atomic E-state index is -1.29. The number of carbonyl (C=O) groups is 2. The van der Waals surface area contributed by atoms with E-state index in [2.05, 4.69) is 5.32 Å². The highest BCUT2D eigenvalue weighted by Gasteiger charge is 2.41. The minimum Gasteiger partial charge on any atom is -0.480 e. The minimum absolute atomic E-state index is 0.389. The van der Waals surface area contributed by atoms with Crippen LogP contribution in [0.5, 0.6) is 0 Å². The van der Waals surface area contributed by atoms with Crippen LogP contribution < -0.4 is 5.32 Å². The number of benzene rings is 1. The van der Waals surface area contributed by atoms with Gasteiger partial charge in [-0.15, -0.1) is 0 Å². The van der Waals surface area contributed by atoms with E-state index in [1.807, 2.05) is 37.3 Å². The van der Waals surface area contributed by atoms with E-state index in [0.29, 0.717) is 12.8 Å². The van der Waals surface area contributed by atoms with Crippen LogP contribution in [-0.2, 0) is 16.0 Å². The van der Waals surface area contributed by atoms with Crippen molar-refractivity contribution in [2.75, 3.05) is 0 Å². The highest BCUT2D eigenvalue weighted by atomic mass is 16.6. The number of rotatable bonds is 8. The lowest BCUT2D eigenvalue weighted by Crippen LogP contribution is -2.54. The van der Waals surface area contributed by atoms with Crippen LogP contribution >= 0.6 is 0 Å². The zero-order valence-electron chi connectivity index (χ0n) is 15.2. The van der Waals surface area contributed by atoms with E-state index in [9.17, 15) is 14.7 Å². The van der Waals surface area contributed by atoms with Gasteiger partial charge < -0.3 is 15.2 Å². The van der Waals surface area contributed by atoms with Gasteiger partial charge in [0.05, 0.1) is 0 Å². The molecule has 5 nitrogen and oxygen atoms in total. The van der Waals surface area contributed by atoms with Crippen molar-refractivity contribution in [2.24, 2.45) is 0 Å². The van der Waals surface area contributed by atoms with E-state index in [1.165, 1.54) is 0 Å². The van der Waals surface area contributed by atoms with E-state index in [0.717, 1.165) is 44.1 Å². The summed E-state index contributed by atoms with van der Waals surface area (Å²) in [7, 11) is 0. The summed E-state index contributed by atoms with van der Waals surface area (Å²) in [6, 6.07) is 9.98. The molecular weight excluding hydrogens is 318 g/mol. The summed E-state index contributed by atoms with van der Waals surface area (Å²) >= 11 is 0. The van der Waals surface area contributed by atoms with E-state index < -0.39 is 23.2 Å². The summed E-state index contributed by atoms with van der Waals surface area (Å²) in [5, 5.41) is 12.1. The van der Waals surface area contributed by atoms with Crippen LogP contribution in [0.15, 0.2) is 30.3 Å². The van der Waals surface area contributed by atoms with E-state index in [-0.39, 0.29) is 0 Å². The van der Waals surface area contributed by atoms with Crippen molar-refractivity contribution in [2.45, 2.75) is 76.4 Å². The number of alkyl carbamates (subject to hydrolysis) is 1. The Hall–Kier alpha value is -2.04. The summed E-state index contributed by atoms with van der Waals surface area (Å²) in [6.45, 7) is 3.54. The van der Waals surface area contributed by atoms with Crippen LogP contribution in [0.2, 0.25) is 0 Å². The van der Waals surface area contributed by atoms with Gasteiger partial charge in [0.25, 0.3) is 0 Å². The zero-order chi connectivity index (χ0) is 18.3. The normalized spacial score (nSPS) is 18.3. The van der Waals surface area contributed by atoms with Gasteiger partial charge in [-0.3, -0.25) is 0 Å². The predicted octanol–water partition coefficient (Wildman–Crippen LogP) is 4.30. The van der Waals surface area contributed by atoms with Crippen molar-refractivity contribution < 1.29 is 19.4 Å². The molecule has 0 saturated heterocycles. The Morgan fingerprint density at radius 3 is 2.44 bits per heavy atom. The number of carboxylic acid groups (broad SMARTS) is 1. The Bertz CT molecular complexity index is 581. The molecule has 2 rings (SSSR count). The summed E-state index contributed by atoms with van der Waals surface area (Å²) < 4.78 is 5.82. The fourth-order valence-corrected chi connectivity index (χ4v) is 3.50. The number of ether oxygens (including phenoxy) is 1. The molecular formula is C20H29NO4.